The molecule has 0 spiro atoms. The Morgan fingerprint density at radius 1 is 1.15 bits per heavy atom. The Balaban J connectivity index is 1.57. The molecule has 1 saturated heterocycles. The summed E-state index contributed by atoms with van der Waals surface area (Å²) in [4.78, 5) is 26.2. The van der Waals surface area contributed by atoms with Crippen molar-refractivity contribution in [2.24, 2.45) is 0 Å². The summed E-state index contributed by atoms with van der Waals surface area (Å²) in [7, 11) is 0. The van der Waals surface area contributed by atoms with Gasteiger partial charge in [0.1, 0.15) is 10.7 Å². The molecule has 12 heteroatoms. The first-order valence-electron chi connectivity index (χ1n) is 10.3. The van der Waals surface area contributed by atoms with E-state index in [-0.39, 0.29) is 17.9 Å². The van der Waals surface area contributed by atoms with Crippen LogP contribution in [0.15, 0.2) is 36.8 Å². The lowest BCUT2D eigenvalue weighted by Gasteiger charge is -2.27. The molecular formula is C21H21ClF3N7O. The number of benzene rings is 1. The van der Waals surface area contributed by atoms with Crippen LogP contribution in [0.3, 0.4) is 0 Å². The fourth-order valence-electron chi connectivity index (χ4n) is 3.75. The van der Waals surface area contributed by atoms with Gasteiger partial charge in [0, 0.05) is 31.9 Å². The minimum absolute atomic E-state index is 0.103. The van der Waals surface area contributed by atoms with Crippen molar-refractivity contribution in [1.82, 2.24) is 29.9 Å². The standard InChI is InChI=1S/C21H21ClF3N7O/c1-13-3-4-17(32-27-6-7-28-32)15(11-13)19(33)31-10-9-30(8-5-14(31)2)20-26-12-16(18(22)29-20)21(23,24)25/h3-4,6-7,11-12,14H,5,8-10H2,1-2H3/t14-/m1/s1. The fourth-order valence-corrected chi connectivity index (χ4v) is 3.98. The zero-order valence-electron chi connectivity index (χ0n) is 17.9. The topological polar surface area (TPSA) is 80.0 Å². The van der Waals surface area contributed by atoms with Crippen LogP contribution in [0.1, 0.15) is 34.8 Å². The molecule has 0 bridgehead atoms. The number of nitrogens with zero attached hydrogens (tertiary/aromatic N) is 7. The molecule has 1 atom stereocenters. The average molecular weight is 480 g/mol. The quantitative estimate of drug-likeness (QED) is 0.532. The second kappa shape index (κ2) is 8.97. The summed E-state index contributed by atoms with van der Waals surface area (Å²) in [6.45, 7) is 4.98. The number of anilines is 1. The fraction of sp³-hybridized carbons (Fsp3) is 0.381. The van der Waals surface area contributed by atoms with E-state index in [9.17, 15) is 18.0 Å². The molecule has 0 aliphatic carbocycles. The van der Waals surface area contributed by atoms with Crippen LogP contribution in [-0.4, -0.2) is 61.4 Å². The van der Waals surface area contributed by atoms with Gasteiger partial charge in [-0.25, -0.2) is 9.97 Å². The molecule has 0 saturated carbocycles. The zero-order chi connectivity index (χ0) is 23.8. The Morgan fingerprint density at radius 3 is 2.55 bits per heavy atom. The molecule has 3 aromatic rings. The lowest BCUT2D eigenvalue weighted by molar-refractivity contribution is -0.137. The van der Waals surface area contributed by atoms with Crippen molar-refractivity contribution >= 4 is 23.5 Å². The molecule has 33 heavy (non-hydrogen) atoms. The van der Waals surface area contributed by atoms with Gasteiger partial charge in [-0.3, -0.25) is 4.79 Å². The number of hydrogen-bond acceptors (Lipinski definition) is 6. The number of aromatic nitrogens is 5. The molecule has 174 valence electrons. The predicted molar refractivity (Wildman–Crippen MR) is 115 cm³/mol. The molecule has 1 amide bonds. The van der Waals surface area contributed by atoms with Gasteiger partial charge in [0.2, 0.25) is 5.95 Å². The van der Waals surface area contributed by atoms with Gasteiger partial charge in [-0.15, -0.1) is 0 Å². The van der Waals surface area contributed by atoms with Crippen molar-refractivity contribution in [1.29, 1.82) is 0 Å². The summed E-state index contributed by atoms with van der Waals surface area (Å²) in [5.41, 5.74) is 0.889. The number of amides is 1. The number of aryl methyl sites for hydroxylation is 1. The Bertz CT molecular complexity index is 1150. The van der Waals surface area contributed by atoms with Gasteiger partial charge in [0.25, 0.3) is 5.91 Å². The number of carbonyl (C=O) groups excluding carboxylic acids is 1. The molecule has 4 rings (SSSR count). The zero-order valence-corrected chi connectivity index (χ0v) is 18.7. The number of carbonyl (C=O) groups is 1. The van der Waals surface area contributed by atoms with Crippen molar-refractivity contribution in [2.45, 2.75) is 32.5 Å². The van der Waals surface area contributed by atoms with Crippen molar-refractivity contribution < 1.29 is 18.0 Å². The van der Waals surface area contributed by atoms with Gasteiger partial charge in [-0.2, -0.15) is 28.2 Å². The van der Waals surface area contributed by atoms with Gasteiger partial charge in [-0.05, 0) is 32.4 Å². The molecule has 1 aromatic carbocycles. The molecule has 0 radical (unpaired) electrons. The first-order chi connectivity index (χ1) is 15.6. The van der Waals surface area contributed by atoms with Crippen molar-refractivity contribution in [3.05, 3.63) is 58.6 Å². The molecule has 1 fully saturated rings. The van der Waals surface area contributed by atoms with Crippen LogP contribution < -0.4 is 4.90 Å². The summed E-state index contributed by atoms with van der Waals surface area (Å²) in [5, 5.41) is 7.64. The Labute approximate surface area is 193 Å². The Morgan fingerprint density at radius 2 is 1.88 bits per heavy atom. The van der Waals surface area contributed by atoms with E-state index in [1.807, 2.05) is 19.9 Å². The number of rotatable bonds is 3. The third kappa shape index (κ3) is 4.77. The minimum Gasteiger partial charge on any atom is -0.339 e. The van der Waals surface area contributed by atoms with Crippen LogP contribution in [0.4, 0.5) is 19.1 Å². The molecule has 0 N–H and O–H groups in total. The maximum atomic E-state index is 13.5. The van der Waals surface area contributed by atoms with Crippen LogP contribution in [-0.2, 0) is 6.18 Å². The van der Waals surface area contributed by atoms with Gasteiger partial charge in [0.15, 0.2) is 0 Å². The van der Waals surface area contributed by atoms with Crippen LogP contribution in [0.2, 0.25) is 5.15 Å². The second-order valence-electron chi connectivity index (χ2n) is 7.83. The lowest BCUT2D eigenvalue weighted by atomic mass is 10.1. The number of halogens is 4. The van der Waals surface area contributed by atoms with Crippen LogP contribution >= 0.6 is 11.6 Å². The van der Waals surface area contributed by atoms with Crippen LogP contribution in [0, 0.1) is 6.92 Å². The van der Waals surface area contributed by atoms with Gasteiger partial charge < -0.3 is 9.80 Å². The van der Waals surface area contributed by atoms with E-state index in [0.717, 1.165) is 5.56 Å². The first kappa shape index (κ1) is 23.0. The monoisotopic (exact) mass is 479 g/mol. The van der Waals surface area contributed by atoms with E-state index in [0.29, 0.717) is 43.5 Å². The molecule has 2 aromatic heterocycles. The van der Waals surface area contributed by atoms with E-state index in [1.165, 1.54) is 17.2 Å². The average Bonchev–Trinajstić information content (AvgIpc) is 3.22. The highest BCUT2D eigenvalue weighted by Gasteiger charge is 2.35. The summed E-state index contributed by atoms with van der Waals surface area (Å²) < 4.78 is 38.9. The molecule has 8 nitrogen and oxygen atoms in total. The van der Waals surface area contributed by atoms with E-state index < -0.39 is 16.9 Å². The number of hydrogen-bond donors (Lipinski definition) is 0. The van der Waals surface area contributed by atoms with Crippen LogP contribution in [0.25, 0.3) is 5.69 Å². The molecule has 3 heterocycles. The molecule has 1 aliphatic rings. The van der Waals surface area contributed by atoms with Gasteiger partial charge >= 0.3 is 6.18 Å². The summed E-state index contributed by atoms with van der Waals surface area (Å²) in [5.74, 6) is -0.0711. The largest absolute Gasteiger partial charge is 0.420 e. The van der Waals surface area contributed by atoms with E-state index in [1.54, 1.807) is 21.9 Å². The van der Waals surface area contributed by atoms with E-state index in [2.05, 4.69) is 20.2 Å². The van der Waals surface area contributed by atoms with Crippen molar-refractivity contribution in [3.8, 4) is 5.69 Å². The highest BCUT2D eigenvalue weighted by atomic mass is 35.5. The van der Waals surface area contributed by atoms with Crippen molar-refractivity contribution in [3.63, 3.8) is 0 Å². The van der Waals surface area contributed by atoms with Crippen molar-refractivity contribution in [2.75, 3.05) is 24.5 Å². The Hall–Kier alpha value is -3.21. The predicted octanol–water partition coefficient (Wildman–Crippen LogP) is 3.78. The second-order valence-corrected chi connectivity index (χ2v) is 8.19. The molecule has 0 unspecified atom stereocenters. The van der Waals surface area contributed by atoms with Gasteiger partial charge in [0.05, 0.1) is 23.6 Å². The SMILES string of the molecule is Cc1ccc(-n2nccn2)c(C(=O)N2CCN(c3ncc(C(F)(F)F)c(Cl)n3)CC[C@H]2C)c1. The van der Waals surface area contributed by atoms with Gasteiger partial charge in [-0.1, -0.05) is 23.2 Å². The lowest BCUT2D eigenvalue weighted by Crippen LogP contribution is -2.40. The maximum absolute atomic E-state index is 13.5. The molecular weight excluding hydrogens is 459 g/mol. The maximum Gasteiger partial charge on any atom is 0.420 e. The minimum atomic E-state index is -4.62. The molecule has 1 aliphatic heterocycles. The highest BCUT2D eigenvalue weighted by molar-refractivity contribution is 6.30. The summed E-state index contributed by atoms with van der Waals surface area (Å²) in [6.07, 6.45) is -0.278. The van der Waals surface area contributed by atoms with E-state index in [4.69, 9.17) is 11.6 Å². The van der Waals surface area contributed by atoms with E-state index >= 15 is 0 Å². The smallest absolute Gasteiger partial charge is 0.339 e. The summed E-state index contributed by atoms with van der Waals surface area (Å²) in [6, 6.07) is 5.37. The highest BCUT2D eigenvalue weighted by Crippen LogP contribution is 2.34. The first-order valence-corrected chi connectivity index (χ1v) is 10.7. The number of alkyl halides is 3. The third-order valence-electron chi connectivity index (χ3n) is 5.55. The third-order valence-corrected chi connectivity index (χ3v) is 5.84. The normalized spacial score (nSPS) is 17.2. The Kier molecular flexibility index (Phi) is 6.24. The van der Waals surface area contributed by atoms with Crippen LogP contribution in [0.5, 0.6) is 0 Å². The summed E-state index contributed by atoms with van der Waals surface area (Å²) >= 11 is 5.77.